The van der Waals surface area contributed by atoms with Crippen molar-refractivity contribution in [1.82, 2.24) is 26.1 Å². The Morgan fingerprint density at radius 1 is 1.13 bits per heavy atom. The first kappa shape index (κ1) is 28.8. The Hall–Kier alpha value is -3.24. The molecule has 2 aliphatic carbocycles. The molecule has 1 amide bonds. The second-order valence-corrected chi connectivity index (χ2v) is 11.1. The van der Waals surface area contributed by atoms with Gasteiger partial charge in [0.15, 0.2) is 0 Å². The first-order chi connectivity index (χ1) is 18.9. The predicted molar refractivity (Wildman–Crippen MR) is 149 cm³/mol. The molecule has 4 N–H and O–H groups in total. The van der Waals surface area contributed by atoms with Crippen LogP contribution < -0.4 is 21.0 Å². The Kier molecular flexibility index (Phi) is 10.5. The number of hydrogen-bond acceptors (Lipinski definition) is 9. The van der Waals surface area contributed by atoms with Crippen molar-refractivity contribution >= 4 is 17.8 Å². The Labute approximate surface area is 231 Å². The lowest BCUT2D eigenvalue weighted by Gasteiger charge is -2.32. The summed E-state index contributed by atoms with van der Waals surface area (Å²) < 4.78 is 5.77. The summed E-state index contributed by atoms with van der Waals surface area (Å²) in [4.78, 5) is 34.8. The molecule has 4 rings (SSSR count). The molecule has 3 aliphatic rings. The van der Waals surface area contributed by atoms with Crippen LogP contribution in [0.5, 0.6) is 0 Å². The van der Waals surface area contributed by atoms with E-state index >= 15 is 0 Å². The molecule has 1 aliphatic heterocycles. The first-order valence-corrected chi connectivity index (χ1v) is 14.2. The second-order valence-electron chi connectivity index (χ2n) is 11.1. The van der Waals surface area contributed by atoms with Crippen LogP contribution in [0.2, 0.25) is 0 Å². The van der Waals surface area contributed by atoms with Gasteiger partial charge in [0, 0.05) is 44.3 Å². The van der Waals surface area contributed by atoms with E-state index in [-0.39, 0.29) is 23.7 Å². The van der Waals surface area contributed by atoms with Crippen molar-refractivity contribution in [3.63, 3.8) is 0 Å². The van der Waals surface area contributed by atoms with E-state index in [0.717, 1.165) is 76.6 Å². The average molecular weight is 539 g/mol. The quantitative estimate of drug-likeness (QED) is 0.190. The van der Waals surface area contributed by atoms with Crippen molar-refractivity contribution in [3.05, 3.63) is 53.5 Å². The molecule has 0 aromatic carbocycles. The van der Waals surface area contributed by atoms with Gasteiger partial charge in [0.05, 0.1) is 5.56 Å². The molecule has 1 saturated heterocycles. The maximum Gasteiger partial charge on any atom is 0.328 e. The first-order valence-electron chi connectivity index (χ1n) is 14.2. The van der Waals surface area contributed by atoms with Crippen LogP contribution in [0.3, 0.4) is 0 Å². The Bertz CT molecular complexity index is 1050. The fourth-order valence-electron chi connectivity index (χ4n) is 5.21. The topological polar surface area (TPSA) is 129 Å². The van der Waals surface area contributed by atoms with Crippen molar-refractivity contribution < 1.29 is 19.5 Å². The standard InChI is InChI=1S/C29H42N6O4/c1-20(2)15-26(28(37)39-25-5-3-4-6-25)31-17-22-9-7-21(8-10-22)16-30-24-11-13-35(14-12-24)29-32-18-23(19-33-29)27(36)34-38/h7-9,17-20,24-26,30-31,38H,3-6,10-16H2,1-2H3,(H,34,36)/b22-17+/t26-/m0/s1. The van der Waals surface area contributed by atoms with Crippen molar-refractivity contribution in [3.8, 4) is 0 Å². The second kappa shape index (κ2) is 14.2. The number of nitrogens with zero attached hydrogens (tertiary/aromatic N) is 3. The third-order valence-electron chi connectivity index (χ3n) is 7.53. The summed E-state index contributed by atoms with van der Waals surface area (Å²) in [5, 5.41) is 15.7. The van der Waals surface area contributed by atoms with E-state index in [0.29, 0.717) is 17.9 Å². The van der Waals surface area contributed by atoms with Crippen molar-refractivity contribution in [2.45, 2.75) is 83.4 Å². The molecule has 1 saturated carbocycles. The summed E-state index contributed by atoms with van der Waals surface area (Å²) in [6.45, 7) is 6.73. The molecule has 10 nitrogen and oxygen atoms in total. The maximum atomic E-state index is 12.8. The molecule has 0 bridgehead atoms. The summed E-state index contributed by atoms with van der Waals surface area (Å²) in [5.74, 6) is 0.244. The van der Waals surface area contributed by atoms with Gasteiger partial charge in [-0.2, -0.15) is 0 Å². The minimum Gasteiger partial charge on any atom is -0.461 e. The summed E-state index contributed by atoms with van der Waals surface area (Å²) in [7, 11) is 0. The minimum absolute atomic E-state index is 0.0865. The highest BCUT2D eigenvalue weighted by Crippen LogP contribution is 2.22. The number of hydrogen-bond donors (Lipinski definition) is 4. The van der Waals surface area contributed by atoms with Gasteiger partial charge < -0.3 is 20.3 Å². The zero-order valence-corrected chi connectivity index (χ0v) is 23.1. The lowest BCUT2D eigenvalue weighted by atomic mass is 10.0. The number of rotatable bonds is 11. The molecule has 39 heavy (non-hydrogen) atoms. The molecular formula is C29H42N6O4. The summed E-state index contributed by atoms with van der Waals surface area (Å²) in [5.41, 5.74) is 4.22. The van der Waals surface area contributed by atoms with Gasteiger partial charge in [-0.1, -0.05) is 32.1 Å². The highest BCUT2D eigenvalue weighted by Gasteiger charge is 2.26. The Morgan fingerprint density at radius 3 is 2.46 bits per heavy atom. The van der Waals surface area contributed by atoms with Crippen molar-refractivity contribution in [2.75, 3.05) is 24.5 Å². The van der Waals surface area contributed by atoms with Crippen LogP contribution in [0, 0.1) is 5.92 Å². The molecule has 1 aromatic rings. The van der Waals surface area contributed by atoms with Gasteiger partial charge in [-0.3, -0.25) is 10.0 Å². The van der Waals surface area contributed by atoms with Crippen LogP contribution in [0.25, 0.3) is 0 Å². The molecular weight excluding hydrogens is 496 g/mol. The smallest absolute Gasteiger partial charge is 0.328 e. The molecule has 0 spiro atoms. The van der Waals surface area contributed by atoms with Crippen molar-refractivity contribution in [2.24, 2.45) is 5.92 Å². The average Bonchev–Trinajstić information content (AvgIpc) is 3.47. The molecule has 0 unspecified atom stereocenters. The van der Waals surface area contributed by atoms with Crippen LogP contribution in [0.1, 0.15) is 75.6 Å². The van der Waals surface area contributed by atoms with Gasteiger partial charge in [0.25, 0.3) is 5.91 Å². The SMILES string of the molecule is CC(C)C[C@H](N/C=C1\C=CC(CNC2CCN(c3ncc(C(=O)NO)cn3)CC2)=CC1)C(=O)OC1CCCC1. The maximum absolute atomic E-state index is 12.8. The van der Waals surface area contributed by atoms with Crippen molar-refractivity contribution in [1.29, 1.82) is 0 Å². The molecule has 1 aromatic heterocycles. The molecule has 2 heterocycles. The lowest BCUT2D eigenvalue weighted by Crippen LogP contribution is -2.43. The van der Waals surface area contributed by atoms with Crippen LogP contribution in [-0.2, 0) is 9.53 Å². The van der Waals surface area contributed by atoms with Crippen LogP contribution in [-0.4, -0.2) is 64.9 Å². The van der Waals surface area contributed by atoms with Gasteiger partial charge >= 0.3 is 5.97 Å². The number of ether oxygens (including phenoxy) is 1. The van der Waals surface area contributed by atoms with Crippen LogP contribution in [0.4, 0.5) is 5.95 Å². The van der Waals surface area contributed by atoms with E-state index in [4.69, 9.17) is 9.94 Å². The van der Waals surface area contributed by atoms with E-state index < -0.39 is 5.91 Å². The van der Waals surface area contributed by atoms with E-state index in [2.05, 4.69) is 57.6 Å². The fraction of sp³-hybridized carbons (Fsp3) is 0.586. The fourth-order valence-corrected chi connectivity index (χ4v) is 5.21. The number of carbonyl (C=O) groups is 2. The highest BCUT2D eigenvalue weighted by molar-refractivity contribution is 5.92. The predicted octanol–water partition coefficient (Wildman–Crippen LogP) is 3.41. The highest BCUT2D eigenvalue weighted by atomic mass is 16.5. The normalized spacial score (nSPS) is 20.3. The zero-order valence-electron chi connectivity index (χ0n) is 23.1. The molecule has 212 valence electrons. The van der Waals surface area contributed by atoms with E-state index in [1.165, 1.54) is 18.0 Å². The van der Waals surface area contributed by atoms with Gasteiger partial charge in [-0.05, 0) is 68.4 Å². The molecule has 0 radical (unpaired) electrons. The third-order valence-corrected chi connectivity index (χ3v) is 7.53. The number of esters is 1. The lowest BCUT2D eigenvalue weighted by molar-refractivity contribution is -0.151. The third kappa shape index (κ3) is 8.63. The number of hydroxylamine groups is 1. The van der Waals surface area contributed by atoms with Crippen LogP contribution >= 0.6 is 0 Å². The molecule has 10 heteroatoms. The largest absolute Gasteiger partial charge is 0.461 e. The number of anilines is 1. The number of aromatic nitrogens is 2. The summed E-state index contributed by atoms with van der Waals surface area (Å²) >= 11 is 0. The summed E-state index contributed by atoms with van der Waals surface area (Å²) in [6.07, 6.45) is 19.2. The summed E-state index contributed by atoms with van der Waals surface area (Å²) in [6, 6.07) is 0.101. The number of carbonyl (C=O) groups excluding carboxylic acids is 2. The number of amides is 1. The minimum atomic E-state index is -0.621. The molecule has 2 fully saturated rings. The number of piperidine rings is 1. The number of nitrogens with one attached hydrogen (secondary N) is 3. The number of allylic oxidation sites excluding steroid dienone is 3. The Morgan fingerprint density at radius 2 is 1.85 bits per heavy atom. The van der Waals surface area contributed by atoms with E-state index in [1.807, 2.05) is 6.20 Å². The van der Waals surface area contributed by atoms with Gasteiger partial charge in [0.1, 0.15) is 12.1 Å². The van der Waals surface area contributed by atoms with Gasteiger partial charge in [0.2, 0.25) is 5.95 Å². The van der Waals surface area contributed by atoms with E-state index in [9.17, 15) is 9.59 Å². The van der Waals surface area contributed by atoms with Gasteiger partial charge in [-0.25, -0.2) is 20.2 Å². The van der Waals surface area contributed by atoms with E-state index in [1.54, 1.807) is 5.48 Å². The van der Waals surface area contributed by atoms with Crippen LogP contribution in [0.15, 0.2) is 48.0 Å². The molecule has 1 atom stereocenters. The zero-order chi connectivity index (χ0) is 27.6. The monoisotopic (exact) mass is 538 g/mol. The van der Waals surface area contributed by atoms with Gasteiger partial charge in [-0.15, -0.1) is 0 Å². The Balaban J connectivity index is 1.19.